The molecule has 1 unspecified atom stereocenters. The quantitative estimate of drug-likeness (QED) is 0.904. The van der Waals surface area contributed by atoms with Crippen molar-refractivity contribution < 1.29 is 13.2 Å². The maximum absolute atomic E-state index is 14.1. The molecule has 1 atom stereocenters. The minimum Gasteiger partial charge on any atom is -0.469 e. The van der Waals surface area contributed by atoms with E-state index in [2.05, 4.69) is 5.32 Å². The fourth-order valence-electron chi connectivity index (χ4n) is 2.21. The van der Waals surface area contributed by atoms with Crippen LogP contribution in [0.2, 0.25) is 0 Å². The Morgan fingerprint density at radius 3 is 2.30 bits per heavy atom. The Kier molecular flexibility index (Phi) is 4.23. The number of benzene rings is 1. The van der Waals surface area contributed by atoms with Crippen molar-refractivity contribution in [1.82, 2.24) is 5.32 Å². The smallest absolute Gasteiger partial charge is 0.131 e. The van der Waals surface area contributed by atoms with Crippen LogP contribution in [0.4, 0.5) is 8.78 Å². The summed E-state index contributed by atoms with van der Waals surface area (Å²) in [5, 5.41) is 3.29. The minimum atomic E-state index is -0.551. The molecule has 2 aromatic rings. The highest BCUT2D eigenvalue weighted by Gasteiger charge is 2.21. The summed E-state index contributed by atoms with van der Waals surface area (Å²) in [7, 11) is 0. The maximum Gasteiger partial charge on any atom is 0.131 e. The summed E-state index contributed by atoms with van der Waals surface area (Å²) >= 11 is 0. The summed E-state index contributed by atoms with van der Waals surface area (Å²) in [5.74, 6) is -0.321. The zero-order chi connectivity index (χ0) is 14.9. The molecular formula is C16H19F2NO. The van der Waals surface area contributed by atoms with Gasteiger partial charge < -0.3 is 9.73 Å². The average Bonchev–Trinajstić information content (AvgIpc) is 2.77. The number of halogens is 2. The van der Waals surface area contributed by atoms with Crippen LogP contribution in [0, 0.1) is 25.5 Å². The number of aryl methyl sites for hydroxylation is 2. The molecule has 0 aliphatic rings. The van der Waals surface area contributed by atoms with Gasteiger partial charge in [-0.2, -0.15) is 0 Å². The van der Waals surface area contributed by atoms with Gasteiger partial charge in [-0.25, -0.2) is 8.78 Å². The van der Waals surface area contributed by atoms with Crippen molar-refractivity contribution in [3.05, 3.63) is 58.5 Å². The predicted molar refractivity (Wildman–Crippen MR) is 74.7 cm³/mol. The van der Waals surface area contributed by atoms with E-state index in [0.29, 0.717) is 11.1 Å². The lowest BCUT2D eigenvalue weighted by atomic mass is 9.97. The van der Waals surface area contributed by atoms with Gasteiger partial charge in [0.15, 0.2) is 0 Å². The molecule has 2 nitrogen and oxygen atoms in total. The molecule has 0 aliphatic carbocycles. The van der Waals surface area contributed by atoms with Crippen LogP contribution < -0.4 is 5.32 Å². The molecule has 0 bridgehead atoms. The first-order chi connectivity index (χ1) is 9.38. The molecule has 0 fully saturated rings. The van der Waals surface area contributed by atoms with Crippen molar-refractivity contribution in [2.45, 2.75) is 39.8 Å². The molecule has 1 aromatic carbocycles. The third kappa shape index (κ3) is 3.07. The second kappa shape index (κ2) is 5.75. The zero-order valence-corrected chi connectivity index (χ0v) is 12.1. The van der Waals surface area contributed by atoms with E-state index in [9.17, 15) is 8.78 Å². The topological polar surface area (TPSA) is 25.2 Å². The molecule has 0 saturated carbocycles. The van der Waals surface area contributed by atoms with E-state index >= 15 is 0 Å². The standard InChI is InChI=1S/C16H19F2NO/c1-9(2)19-16(12-6-11(4)20-8-12)13-5-10(3)14(17)7-15(13)18/h5-9,16,19H,1-4H3. The Bertz CT molecular complexity index is 605. The largest absolute Gasteiger partial charge is 0.469 e. The molecule has 2 rings (SSSR count). The third-order valence-corrected chi connectivity index (χ3v) is 3.17. The van der Waals surface area contributed by atoms with Crippen LogP contribution in [0.25, 0.3) is 0 Å². The summed E-state index contributed by atoms with van der Waals surface area (Å²) < 4.78 is 32.8. The molecule has 1 aromatic heterocycles. The number of hydrogen-bond donors (Lipinski definition) is 1. The monoisotopic (exact) mass is 279 g/mol. The van der Waals surface area contributed by atoms with Gasteiger partial charge in [0, 0.05) is 23.2 Å². The summed E-state index contributed by atoms with van der Waals surface area (Å²) in [6, 6.07) is 4.14. The van der Waals surface area contributed by atoms with Gasteiger partial charge in [0.2, 0.25) is 0 Å². The number of nitrogens with one attached hydrogen (secondary N) is 1. The van der Waals surface area contributed by atoms with E-state index in [1.807, 2.05) is 26.8 Å². The number of furan rings is 1. The lowest BCUT2D eigenvalue weighted by Crippen LogP contribution is -2.29. The van der Waals surface area contributed by atoms with Gasteiger partial charge in [0.1, 0.15) is 17.4 Å². The van der Waals surface area contributed by atoms with Crippen LogP contribution in [-0.2, 0) is 0 Å². The first-order valence-electron chi connectivity index (χ1n) is 6.65. The predicted octanol–water partition coefficient (Wildman–Crippen LogP) is 4.26. The highest BCUT2D eigenvalue weighted by Crippen LogP contribution is 2.28. The first-order valence-corrected chi connectivity index (χ1v) is 6.65. The van der Waals surface area contributed by atoms with Crippen molar-refractivity contribution in [1.29, 1.82) is 0 Å². The van der Waals surface area contributed by atoms with E-state index in [0.717, 1.165) is 17.4 Å². The Morgan fingerprint density at radius 1 is 1.05 bits per heavy atom. The molecule has 1 N–H and O–H groups in total. The second-order valence-corrected chi connectivity index (χ2v) is 5.37. The highest BCUT2D eigenvalue weighted by molar-refractivity contribution is 5.35. The lowest BCUT2D eigenvalue weighted by molar-refractivity contribution is 0.487. The zero-order valence-electron chi connectivity index (χ0n) is 12.1. The van der Waals surface area contributed by atoms with Crippen molar-refractivity contribution in [3.63, 3.8) is 0 Å². The van der Waals surface area contributed by atoms with Gasteiger partial charge in [-0.3, -0.25) is 0 Å². The molecule has 0 spiro atoms. The summed E-state index contributed by atoms with van der Waals surface area (Å²) in [5.41, 5.74) is 1.69. The maximum atomic E-state index is 14.1. The van der Waals surface area contributed by atoms with Gasteiger partial charge in [0.05, 0.1) is 12.3 Å². The normalized spacial score (nSPS) is 12.9. The minimum absolute atomic E-state index is 0.153. The molecule has 20 heavy (non-hydrogen) atoms. The van der Waals surface area contributed by atoms with Crippen LogP contribution in [0.1, 0.15) is 42.3 Å². The van der Waals surface area contributed by atoms with E-state index < -0.39 is 11.6 Å². The third-order valence-electron chi connectivity index (χ3n) is 3.17. The van der Waals surface area contributed by atoms with E-state index in [1.165, 1.54) is 0 Å². The van der Waals surface area contributed by atoms with Gasteiger partial charge in [-0.05, 0) is 45.4 Å². The Hall–Kier alpha value is -1.68. The number of rotatable bonds is 4. The van der Waals surface area contributed by atoms with E-state index in [4.69, 9.17) is 4.42 Å². The van der Waals surface area contributed by atoms with E-state index in [-0.39, 0.29) is 12.1 Å². The van der Waals surface area contributed by atoms with Crippen LogP contribution in [0.5, 0.6) is 0 Å². The molecule has 0 aliphatic heterocycles. The van der Waals surface area contributed by atoms with Crippen molar-refractivity contribution in [2.75, 3.05) is 0 Å². The van der Waals surface area contributed by atoms with Crippen LogP contribution in [0.15, 0.2) is 28.9 Å². The molecular weight excluding hydrogens is 260 g/mol. The van der Waals surface area contributed by atoms with E-state index in [1.54, 1.807) is 19.3 Å². The molecule has 0 radical (unpaired) electrons. The van der Waals surface area contributed by atoms with Gasteiger partial charge in [-0.1, -0.05) is 0 Å². The van der Waals surface area contributed by atoms with Crippen molar-refractivity contribution in [2.24, 2.45) is 0 Å². The summed E-state index contributed by atoms with van der Waals surface area (Å²) in [6.07, 6.45) is 1.60. The first kappa shape index (κ1) is 14.7. The fraction of sp³-hybridized carbons (Fsp3) is 0.375. The molecule has 108 valence electrons. The Morgan fingerprint density at radius 2 is 1.75 bits per heavy atom. The average molecular weight is 279 g/mol. The highest BCUT2D eigenvalue weighted by atomic mass is 19.1. The molecule has 4 heteroatoms. The molecule has 0 amide bonds. The Balaban J connectivity index is 2.49. The van der Waals surface area contributed by atoms with Crippen molar-refractivity contribution >= 4 is 0 Å². The van der Waals surface area contributed by atoms with Crippen LogP contribution in [-0.4, -0.2) is 6.04 Å². The fourth-order valence-corrected chi connectivity index (χ4v) is 2.21. The van der Waals surface area contributed by atoms with Gasteiger partial charge in [-0.15, -0.1) is 0 Å². The van der Waals surface area contributed by atoms with Crippen LogP contribution >= 0.6 is 0 Å². The van der Waals surface area contributed by atoms with Gasteiger partial charge >= 0.3 is 0 Å². The molecule has 0 saturated heterocycles. The van der Waals surface area contributed by atoms with Gasteiger partial charge in [0.25, 0.3) is 0 Å². The number of hydrogen-bond acceptors (Lipinski definition) is 2. The molecule has 1 heterocycles. The van der Waals surface area contributed by atoms with Crippen molar-refractivity contribution in [3.8, 4) is 0 Å². The summed E-state index contributed by atoms with van der Waals surface area (Å²) in [4.78, 5) is 0. The lowest BCUT2D eigenvalue weighted by Gasteiger charge is -2.21. The van der Waals surface area contributed by atoms with Crippen LogP contribution in [0.3, 0.4) is 0 Å². The second-order valence-electron chi connectivity index (χ2n) is 5.37. The Labute approximate surface area is 117 Å². The summed E-state index contributed by atoms with van der Waals surface area (Å²) in [6.45, 7) is 7.43. The SMILES string of the molecule is Cc1cc(C(NC(C)C)c2cc(C)c(F)cc2F)co1.